The van der Waals surface area contributed by atoms with Crippen molar-refractivity contribution >= 4 is 11.8 Å². The molecule has 0 saturated carbocycles. The molecule has 1 fully saturated rings. The number of aromatic amines is 1. The van der Waals surface area contributed by atoms with Gasteiger partial charge in [0, 0.05) is 24.5 Å². The van der Waals surface area contributed by atoms with Gasteiger partial charge in [0.2, 0.25) is 11.8 Å². The van der Waals surface area contributed by atoms with Crippen molar-refractivity contribution in [3.05, 3.63) is 18.2 Å². The zero-order valence-electron chi connectivity index (χ0n) is 10.6. The molecule has 98 valence electrons. The van der Waals surface area contributed by atoms with Gasteiger partial charge in [0.25, 0.3) is 0 Å². The van der Waals surface area contributed by atoms with E-state index in [4.69, 9.17) is 0 Å². The quantitative estimate of drug-likeness (QED) is 0.743. The summed E-state index contributed by atoms with van der Waals surface area (Å²) in [6, 6.07) is -0.432. The smallest absolute Gasteiger partial charge is 0.247 e. The molecule has 0 aromatic carbocycles. The van der Waals surface area contributed by atoms with E-state index in [1.807, 2.05) is 13.8 Å². The van der Waals surface area contributed by atoms with Gasteiger partial charge >= 0.3 is 0 Å². The molecule has 0 radical (unpaired) electrons. The van der Waals surface area contributed by atoms with Crippen molar-refractivity contribution in [1.82, 2.24) is 20.2 Å². The summed E-state index contributed by atoms with van der Waals surface area (Å²) in [5.74, 6) is -0.203. The summed E-state index contributed by atoms with van der Waals surface area (Å²) >= 11 is 0. The lowest BCUT2D eigenvalue weighted by Gasteiger charge is -2.21. The van der Waals surface area contributed by atoms with Crippen molar-refractivity contribution in [2.24, 2.45) is 0 Å². The van der Waals surface area contributed by atoms with Gasteiger partial charge in [-0.05, 0) is 13.3 Å². The van der Waals surface area contributed by atoms with Crippen LogP contribution in [0.25, 0.3) is 0 Å². The highest BCUT2D eigenvalue weighted by Crippen LogP contribution is 2.18. The molecular formula is C12H18N4O2. The van der Waals surface area contributed by atoms with Crippen LogP contribution in [0, 0.1) is 0 Å². The predicted octanol–water partition coefficient (Wildman–Crippen LogP) is 0.425. The normalized spacial score (nSPS) is 21.7. The van der Waals surface area contributed by atoms with Crippen molar-refractivity contribution in [3.63, 3.8) is 0 Å². The lowest BCUT2D eigenvalue weighted by molar-refractivity contribution is -0.141. The number of H-pyrrole nitrogens is 1. The molecule has 2 heterocycles. The summed E-state index contributed by atoms with van der Waals surface area (Å²) in [5.41, 5.74) is 0.900. The van der Waals surface area contributed by atoms with Gasteiger partial charge in [-0.3, -0.25) is 19.8 Å². The van der Waals surface area contributed by atoms with E-state index in [1.165, 1.54) is 4.90 Å². The first-order valence-corrected chi connectivity index (χ1v) is 6.20. The highest BCUT2D eigenvalue weighted by molar-refractivity contribution is 6.05. The van der Waals surface area contributed by atoms with E-state index in [1.54, 1.807) is 12.5 Å². The van der Waals surface area contributed by atoms with Gasteiger partial charge in [-0.1, -0.05) is 6.92 Å². The van der Waals surface area contributed by atoms with Crippen molar-refractivity contribution < 1.29 is 9.59 Å². The fourth-order valence-electron chi connectivity index (χ4n) is 2.07. The summed E-state index contributed by atoms with van der Waals surface area (Å²) in [7, 11) is 0. The maximum absolute atomic E-state index is 12.1. The standard InChI is InChI=1S/C12H18N4O2/c1-3-8(2)16-11(17)4-10(12(16)18)14-6-9-5-13-7-15-9/h5,7-8,10,14H,3-4,6H2,1-2H3,(H,13,15). The van der Waals surface area contributed by atoms with Crippen molar-refractivity contribution in [2.45, 2.75) is 45.3 Å². The van der Waals surface area contributed by atoms with E-state index >= 15 is 0 Å². The second kappa shape index (κ2) is 5.30. The third-order valence-electron chi connectivity index (χ3n) is 3.31. The lowest BCUT2D eigenvalue weighted by atomic mass is 10.2. The Kier molecular flexibility index (Phi) is 3.76. The van der Waals surface area contributed by atoms with E-state index in [0.717, 1.165) is 12.1 Å². The SMILES string of the molecule is CCC(C)N1C(=O)CC(NCc2cnc[nH]2)C1=O. The molecule has 18 heavy (non-hydrogen) atoms. The number of amides is 2. The van der Waals surface area contributed by atoms with Gasteiger partial charge < -0.3 is 4.98 Å². The largest absolute Gasteiger partial charge is 0.347 e. The second-order valence-corrected chi connectivity index (χ2v) is 4.57. The highest BCUT2D eigenvalue weighted by Gasteiger charge is 2.40. The number of carbonyl (C=O) groups excluding carboxylic acids is 2. The molecule has 1 aliphatic heterocycles. The van der Waals surface area contributed by atoms with Crippen LogP contribution in [0.5, 0.6) is 0 Å². The summed E-state index contributed by atoms with van der Waals surface area (Å²) in [5, 5.41) is 3.09. The summed E-state index contributed by atoms with van der Waals surface area (Å²) in [4.78, 5) is 32.1. The molecule has 6 nitrogen and oxygen atoms in total. The monoisotopic (exact) mass is 250 g/mol. The third-order valence-corrected chi connectivity index (χ3v) is 3.31. The minimum absolute atomic E-state index is 0.0241. The zero-order chi connectivity index (χ0) is 13.1. The summed E-state index contributed by atoms with van der Waals surface area (Å²) in [6.45, 7) is 4.38. The predicted molar refractivity (Wildman–Crippen MR) is 65.4 cm³/mol. The number of rotatable bonds is 5. The molecule has 1 aromatic heterocycles. The molecule has 1 saturated heterocycles. The Morgan fingerprint density at radius 2 is 2.39 bits per heavy atom. The zero-order valence-corrected chi connectivity index (χ0v) is 10.6. The topological polar surface area (TPSA) is 78.1 Å². The number of aromatic nitrogens is 2. The fourth-order valence-corrected chi connectivity index (χ4v) is 2.07. The number of imide groups is 1. The van der Waals surface area contributed by atoms with Gasteiger partial charge in [0.15, 0.2) is 0 Å². The van der Waals surface area contributed by atoms with Gasteiger partial charge in [0.05, 0.1) is 18.8 Å². The number of nitrogens with one attached hydrogen (secondary N) is 2. The fraction of sp³-hybridized carbons (Fsp3) is 0.583. The molecule has 6 heteroatoms. The average molecular weight is 250 g/mol. The number of imidazole rings is 1. The Morgan fingerprint density at radius 1 is 1.61 bits per heavy atom. The van der Waals surface area contributed by atoms with Gasteiger partial charge in [0.1, 0.15) is 0 Å². The van der Waals surface area contributed by atoms with Crippen molar-refractivity contribution in [2.75, 3.05) is 0 Å². The Bertz CT molecular complexity index is 429. The van der Waals surface area contributed by atoms with Gasteiger partial charge in [-0.25, -0.2) is 4.98 Å². The third kappa shape index (κ3) is 2.43. The van der Waals surface area contributed by atoms with Crippen molar-refractivity contribution in [1.29, 1.82) is 0 Å². The molecule has 1 aromatic rings. The minimum Gasteiger partial charge on any atom is -0.347 e. The first kappa shape index (κ1) is 12.8. The molecule has 2 amide bonds. The van der Waals surface area contributed by atoms with Crippen LogP contribution < -0.4 is 5.32 Å². The molecule has 2 atom stereocenters. The van der Waals surface area contributed by atoms with Crippen LogP contribution in [-0.4, -0.2) is 38.8 Å². The number of carbonyl (C=O) groups is 2. The van der Waals surface area contributed by atoms with Crippen LogP contribution in [-0.2, 0) is 16.1 Å². The summed E-state index contributed by atoms with van der Waals surface area (Å²) in [6.07, 6.45) is 4.31. The Balaban J connectivity index is 1.95. The number of likely N-dealkylation sites (tertiary alicyclic amines) is 1. The average Bonchev–Trinajstić information content (AvgIpc) is 2.95. The van der Waals surface area contributed by atoms with Crippen molar-refractivity contribution in [3.8, 4) is 0 Å². The molecule has 1 aliphatic rings. The minimum atomic E-state index is -0.408. The first-order valence-electron chi connectivity index (χ1n) is 6.20. The molecule has 2 N–H and O–H groups in total. The maximum atomic E-state index is 12.1. The van der Waals surface area contributed by atoms with E-state index in [2.05, 4.69) is 15.3 Å². The second-order valence-electron chi connectivity index (χ2n) is 4.57. The first-order chi connectivity index (χ1) is 8.63. The maximum Gasteiger partial charge on any atom is 0.247 e. The lowest BCUT2D eigenvalue weighted by Crippen LogP contribution is -2.42. The van der Waals surface area contributed by atoms with Crippen LogP contribution >= 0.6 is 0 Å². The van der Waals surface area contributed by atoms with E-state index < -0.39 is 6.04 Å². The molecular weight excluding hydrogens is 232 g/mol. The van der Waals surface area contributed by atoms with E-state index in [-0.39, 0.29) is 24.3 Å². The molecule has 0 aliphatic carbocycles. The van der Waals surface area contributed by atoms with Crippen LogP contribution in [0.2, 0.25) is 0 Å². The van der Waals surface area contributed by atoms with E-state index in [9.17, 15) is 9.59 Å². The molecule has 0 spiro atoms. The summed E-state index contributed by atoms with van der Waals surface area (Å²) < 4.78 is 0. The number of nitrogens with zero attached hydrogens (tertiary/aromatic N) is 2. The molecule has 0 bridgehead atoms. The Hall–Kier alpha value is -1.69. The van der Waals surface area contributed by atoms with Crippen LogP contribution in [0.15, 0.2) is 12.5 Å². The van der Waals surface area contributed by atoms with Crippen LogP contribution in [0.3, 0.4) is 0 Å². The van der Waals surface area contributed by atoms with Gasteiger partial charge in [-0.2, -0.15) is 0 Å². The Labute approximate surface area is 106 Å². The Morgan fingerprint density at radius 3 is 3.00 bits per heavy atom. The van der Waals surface area contributed by atoms with E-state index in [0.29, 0.717) is 6.54 Å². The number of hydrogen-bond donors (Lipinski definition) is 2. The van der Waals surface area contributed by atoms with Crippen LogP contribution in [0.4, 0.5) is 0 Å². The van der Waals surface area contributed by atoms with Gasteiger partial charge in [-0.15, -0.1) is 0 Å². The number of hydrogen-bond acceptors (Lipinski definition) is 4. The molecule has 2 unspecified atom stereocenters. The highest BCUT2D eigenvalue weighted by atomic mass is 16.2. The van der Waals surface area contributed by atoms with Crippen LogP contribution in [0.1, 0.15) is 32.4 Å². The molecule has 2 rings (SSSR count).